The number of anilines is 1. The van der Waals surface area contributed by atoms with E-state index in [1.54, 1.807) is 6.07 Å². The van der Waals surface area contributed by atoms with Gasteiger partial charge in [-0.1, -0.05) is 17.7 Å². The molecule has 0 spiro atoms. The molecule has 0 radical (unpaired) electrons. The Morgan fingerprint density at radius 3 is 2.34 bits per heavy atom. The first-order valence-electron chi connectivity index (χ1n) is 9.53. The number of nitriles is 1. The number of benzene rings is 3. The molecule has 0 aromatic heterocycles. The summed E-state index contributed by atoms with van der Waals surface area (Å²) in [4.78, 5) is 22.6. The second kappa shape index (κ2) is 10.1. The van der Waals surface area contributed by atoms with Gasteiger partial charge in [0.05, 0.1) is 15.5 Å². The SMILES string of the molecule is N#C/C(=C\c1ccc(Oc2ccc(C(F)(F)F)cc2[N+](=O)[O-])c(Cl)c1)C(=O)Nc1ccc(O)cc1. The molecule has 178 valence electrons. The van der Waals surface area contributed by atoms with Gasteiger partial charge in [0.1, 0.15) is 23.1 Å². The minimum atomic E-state index is -4.78. The molecule has 0 aliphatic rings. The number of ether oxygens (including phenoxy) is 1. The Balaban J connectivity index is 1.83. The van der Waals surface area contributed by atoms with Crippen LogP contribution in [0.25, 0.3) is 6.08 Å². The number of hydrogen-bond donors (Lipinski definition) is 2. The Labute approximate surface area is 200 Å². The van der Waals surface area contributed by atoms with E-state index in [4.69, 9.17) is 16.3 Å². The van der Waals surface area contributed by atoms with Crippen LogP contribution < -0.4 is 10.1 Å². The van der Waals surface area contributed by atoms with Crippen molar-refractivity contribution in [2.24, 2.45) is 0 Å². The van der Waals surface area contributed by atoms with E-state index in [2.05, 4.69) is 5.32 Å². The average molecular weight is 504 g/mol. The zero-order valence-corrected chi connectivity index (χ0v) is 18.1. The molecule has 3 rings (SSSR count). The lowest BCUT2D eigenvalue weighted by atomic mass is 10.1. The van der Waals surface area contributed by atoms with Crippen LogP contribution in [0.5, 0.6) is 17.2 Å². The van der Waals surface area contributed by atoms with Gasteiger partial charge in [-0.25, -0.2) is 0 Å². The standard InChI is InChI=1S/C23H13ClF3N3O5/c24-18-10-13(9-14(12-28)22(32)29-16-3-5-17(31)6-4-16)1-7-20(18)35-21-8-2-15(23(25,26)27)11-19(21)30(33)34/h1-11,31H,(H,29,32)/b14-9+. The fourth-order valence-electron chi connectivity index (χ4n) is 2.79. The van der Waals surface area contributed by atoms with Crippen LogP contribution in [0.4, 0.5) is 24.5 Å². The predicted molar refractivity (Wildman–Crippen MR) is 120 cm³/mol. The number of phenolic OH excluding ortho intramolecular Hbond substituents is 1. The number of nitro benzene ring substituents is 1. The Hall–Kier alpha value is -4.56. The minimum absolute atomic E-state index is 0.00220. The van der Waals surface area contributed by atoms with E-state index in [9.17, 15) is 38.4 Å². The van der Waals surface area contributed by atoms with Gasteiger partial charge < -0.3 is 15.2 Å². The van der Waals surface area contributed by atoms with E-state index >= 15 is 0 Å². The highest BCUT2D eigenvalue weighted by molar-refractivity contribution is 6.32. The lowest BCUT2D eigenvalue weighted by molar-refractivity contribution is -0.385. The Bertz CT molecular complexity index is 1370. The highest BCUT2D eigenvalue weighted by atomic mass is 35.5. The summed E-state index contributed by atoms with van der Waals surface area (Å²) in [6, 6.07) is 13.1. The molecule has 0 aliphatic carbocycles. The third-order valence-electron chi connectivity index (χ3n) is 4.46. The lowest BCUT2D eigenvalue weighted by Crippen LogP contribution is -2.13. The second-order valence-electron chi connectivity index (χ2n) is 6.90. The molecule has 0 aliphatic heterocycles. The van der Waals surface area contributed by atoms with Gasteiger partial charge in [-0.15, -0.1) is 0 Å². The lowest BCUT2D eigenvalue weighted by Gasteiger charge is -2.11. The summed E-state index contributed by atoms with van der Waals surface area (Å²) in [6.07, 6.45) is -3.55. The molecule has 0 fully saturated rings. The monoisotopic (exact) mass is 503 g/mol. The summed E-state index contributed by atoms with van der Waals surface area (Å²) >= 11 is 6.15. The number of rotatable bonds is 6. The summed E-state index contributed by atoms with van der Waals surface area (Å²) in [6.45, 7) is 0. The molecule has 3 aromatic carbocycles. The van der Waals surface area contributed by atoms with E-state index in [0.29, 0.717) is 23.4 Å². The number of amides is 1. The van der Waals surface area contributed by atoms with Crippen molar-refractivity contribution in [2.75, 3.05) is 5.32 Å². The van der Waals surface area contributed by atoms with Crippen LogP contribution in [0.1, 0.15) is 11.1 Å². The van der Waals surface area contributed by atoms with Crippen molar-refractivity contribution < 1.29 is 32.7 Å². The molecule has 3 aromatic rings. The molecule has 2 N–H and O–H groups in total. The Morgan fingerprint density at radius 2 is 1.77 bits per heavy atom. The molecule has 0 unspecified atom stereocenters. The van der Waals surface area contributed by atoms with Gasteiger partial charge in [-0.3, -0.25) is 14.9 Å². The summed E-state index contributed by atoms with van der Waals surface area (Å²) in [5, 5.41) is 32.3. The summed E-state index contributed by atoms with van der Waals surface area (Å²) in [5.41, 5.74) is -1.74. The van der Waals surface area contributed by atoms with Gasteiger partial charge in [0.25, 0.3) is 5.91 Å². The zero-order valence-electron chi connectivity index (χ0n) is 17.3. The molecular formula is C23H13ClF3N3O5. The topological polar surface area (TPSA) is 125 Å². The Morgan fingerprint density at radius 1 is 1.11 bits per heavy atom. The van der Waals surface area contributed by atoms with Crippen molar-refractivity contribution in [3.05, 3.63) is 92.5 Å². The predicted octanol–water partition coefficient (Wildman–Crippen LogP) is 6.31. The van der Waals surface area contributed by atoms with Crippen LogP contribution >= 0.6 is 11.6 Å². The molecule has 0 atom stereocenters. The van der Waals surface area contributed by atoms with Crippen molar-refractivity contribution in [3.63, 3.8) is 0 Å². The van der Waals surface area contributed by atoms with Crippen LogP contribution in [-0.4, -0.2) is 15.9 Å². The van der Waals surface area contributed by atoms with Gasteiger partial charge >= 0.3 is 11.9 Å². The smallest absolute Gasteiger partial charge is 0.416 e. The first-order valence-corrected chi connectivity index (χ1v) is 9.91. The number of halogens is 4. The highest BCUT2D eigenvalue weighted by Crippen LogP contribution is 2.39. The maximum Gasteiger partial charge on any atom is 0.416 e. The third kappa shape index (κ3) is 6.27. The zero-order chi connectivity index (χ0) is 25.8. The van der Waals surface area contributed by atoms with Gasteiger partial charge in [0, 0.05) is 11.8 Å². The summed E-state index contributed by atoms with van der Waals surface area (Å²) < 4.78 is 44.0. The van der Waals surface area contributed by atoms with Crippen LogP contribution in [0.3, 0.4) is 0 Å². The maximum absolute atomic E-state index is 12.9. The number of nitrogens with one attached hydrogen (secondary N) is 1. The van der Waals surface area contributed by atoms with E-state index in [1.807, 2.05) is 0 Å². The number of nitro groups is 1. The van der Waals surface area contributed by atoms with E-state index < -0.39 is 34.0 Å². The first-order chi connectivity index (χ1) is 16.5. The maximum atomic E-state index is 12.9. The van der Waals surface area contributed by atoms with Crippen LogP contribution in [0, 0.1) is 21.4 Å². The van der Waals surface area contributed by atoms with E-state index in [1.165, 1.54) is 48.5 Å². The van der Waals surface area contributed by atoms with Crippen LogP contribution in [0.15, 0.2) is 66.2 Å². The molecule has 0 heterocycles. The first kappa shape index (κ1) is 25.1. The van der Waals surface area contributed by atoms with Crippen molar-refractivity contribution >= 4 is 35.0 Å². The number of nitrogens with zero attached hydrogens (tertiary/aromatic N) is 2. The van der Waals surface area contributed by atoms with Crippen molar-refractivity contribution in [1.29, 1.82) is 5.26 Å². The fraction of sp³-hybridized carbons (Fsp3) is 0.0435. The summed E-state index contributed by atoms with van der Waals surface area (Å²) in [5.74, 6) is -1.29. The molecule has 8 nitrogen and oxygen atoms in total. The molecule has 0 saturated carbocycles. The molecule has 1 amide bonds. The number of aromatic hydroxyl groups is 1. The quantitative estimate of drug-likeness (QED) is 0.133. The van der Waals surface area contributed by atoms with Crippen LogP contribution in [0.2, 0.25) is 5.02 Å². The normalized spacial score (nSPS) is 11.5. The third-order valence-corrected chi connectivity index (χ3v) is 4.76. The van der Waals surface area contributed by atoms with Crippen molar-refractivity contribution in [3.8, 4) is 23.3 Å². The van der Waals surface area contributed by atoms with Crippen molar-refractivity contribution in [2.45, 2.75) is 6.18 Å². The van der Waals surface area contributed by atoms with E-state index in [0.717, 1.165) is 6.07 Å². The molecule has 12 heteroatoms. The molecule has 35 heavy (non-hydrogen) atoms. The molecular weight excluding hydrogens is 491 g/mol. The fourth-order valence-corrected chi connectivity index (χ4v) is 3.02. The number of alkyl halides is 3. The number of carbonyl (C=O) groups excluding carboxylic acids is 1. The van der Waals surface area contributed by atoms with Crippen molar-refractivity contribution in [1.82, 2.24) is 0 Å². The van der Waals surface area contributed by atoms with E-state index in [-0.39, 0.29) is 22.1 Å². The number of carbonyl (C=O) groups is 1. The molecule has 0 saturated heterocycles. The molecule has 0 bridgehead atoms. The second-order valence-corrected chi connectivity index (χ2v) is 7.31. The van der Waals surface area contributed by atoms with Gasteiger partial charge in [0.15, 0.2) is 0 Å². The van der Waals surface area contributed by atoms with Gasteiger partial charge in [0.2, 0.25) is 5.75 Å². The summed E-state index contributed by atoms with van der Waals surface area (Å²) in [7, 11) is 0. The van der Waals surface area contributed by atoms with Crippen LogP contribution in [-0.2, 0) is 11.0 Å². The average Bonchev–Trinajstić information content (AvgIpc) is 2.80. The number of hydrogen-bond acceptors (Lipinski definition) is 6. The number of phenols is 1. The van der Waals surface area contributed by atoms with Gasteiger partial charge in [-0.2, -0.15) is 18.4 Å². The highest BCUT2D eigenvalue weighted by Gasteiger charge is 2.33. The largest absolute Gasteiger partial charge is 0.508 e. The van der Waals surface area contributed by atoms with Gasteiger partial charge in [-0.05, 0) is 60.2 Å². The minimum Gasteiger partial charge on any atom is -0.508 e. The Kier molecular flexibility index (Phi) is 7.27.